The van der Waals surface area contributed by atoms with Crippen molar-refractivity contribution < 1.29 is 14.1 Å². The second-order valence-corrected chi connectivity index (χ2v) is 6.47. The van der Waals surface area contributed by atoms with E-state index in [9.17, 15) is 4.79 Å². The van der Waals surface area contributed by atoms with Crippen molar-refractivity contribution >= 4 is 29.1 Å². The summed E-state index contributed by atoms with van der Waals surface area (Å²) in [5.74, 6) is 0.796. The molecule has 1 heterocycles. The van der Waals surface area contributed by atoms with Crippen LogP contribution in [0.25, 0.3) is 11.4 Å². The highest BCUT2D eigenvalue weighted by Gasteiger charge is 2.20. The summed E-state index contributed by atoms with van der Waals surface area (Å²) >= 11 is 12.2. The molecule has 0 saturated heterocycles. The fourth-order valence-corrected chi connectivity index (χ4v) is 2.77. The van der Waals surface area contributed by atoms with E-state index in [4.69, 9.17) is 32.5 Å². The van der Waals surface area contributed by atoms with Crippen LogP contribution in [0.2, 0.25) is 10.0 Å². The second-order valence-electron chi connectivity index (χ2n) is 5.65. The normalized spacial score (nSPS) is 11.8. The van der Waals surface area contributed by atoms with Gasteiger partial charge < -0.3 is 14.6 Å². The van der Waals surface area contributed by atoms with Crippen molar-refractivity contribution in [3.05, 3.63) is 64.5 Å². The molecule has 0 unspecified atom stereocenters. The number of rotatable bonds is 7. The van der Waals surface area contributed by atoms with Gasteiger partial charge in [0.05, 0.1) is 16.6 Å². The Balaban J connectivity index is 1.61. The first-order valence-corrected chi connectivity index (χ1v) is 9.10. The molecule has 0 bridgehead atoms. The lowest BCUT2D eigenvalue weighted by molar-refractivity contribution is -0.128. The minimum absolute atomic E-state index is 0.0820. The third kappa shape index (κ3) is 4.78. The topological polar surface area (TPSA) is 77.2 Å². The van der Waals surface area contributed by atoms with Gasteiger partial charge in [0, 0.05) is 5.56 Å². The molecule has 140 valence electrons. The highest BCUT2D eigenvalue weighted by molar-refractivity contribution is 6.33. The van der Waals surface area contributed by atoms with Crippen molar-refractivity contribution in [1.82, 2.24) is 15.5 Å². The number of amides is 1. The number of hydrogen-bond donors (Lipinski definition) is 1. The molecule has 1 amide bonds. The molecule has 8 heteroatoms. The van der Waals surface area contributed by atoms with E-state index in [0.717, 1.165) is 0 Å². The third-order valence-electron chi connectivity index (χ3n) is 3.77. The van der Waals surface area contributed by atoms with E-state index < -0.39 is 6.10 Å². The Morgan fingerprint density at radius 3 is 2.56 bits per heavy atom. The highest BCUT2D eigenvalue weighted by atomic mass is 35.5. The van der Waals surface area contributed by atoms with Gasteiger partial charge >= 0.3 is 0 Å². The minimum Gasteiger partial charge on any atom is -0.479 e. The van der Waals surface area contributed by atoms with Crippen LogP contribution < -0.4 is 10.1 Å². The van der Waals surface area contributed by atoms with Crippen molar-refractivity contribution in [2.24, 2.45) is 0 Å². The van der Waals surface area contributed by atoms with Crippen molar-refractivity contribution in [2.45, 2.75) is 26.0 Å². The maximum absolute atomic E-state index is 12.4. The van der Waals surface area contributed by atoms with Crippen LogP contribution in [0.4, 0.5) is 0 Å². The maximum Gasteiger partial charge on any atom is 0.261 e. The fraction of sp³-hybridized carbons (Fsp3) is 0.211. The van der Waals surface area contributed by atoms with Crippen molar-refractivity contribution in [1.29, 1.82) is 0 Å². The van der Waals surface area contributed by atoms with E-state index in [-0.39, 0.29) is 18.3 Å². The molecular formula is C19H17Cl2N3O3. The van der Waals surface area contributed by atoms with Crippen LogP contribution in [0, 0.1) is 0 Å². The van der Waals surface area contributed by atoms with Gasteiger partial charge in [0.1, 0.15) is 5.75 Å². The molecule has 0 aliphatic heterocycles. The van der Waals surface area contributed by atoms with Gasteiger partial charge in [-0.1, -0.05) is 59.5 Å². The van der Waals surface area contributed by atoms with Gasteiger partial charge in [-0.05, 0) is 30.7 Å². The number of hydrogen-bond acceptors (Lipinski definition) is 5. The van der Waals surface area contributed by atoms with E-state index in [1.807, 2.05) is 19.1 Å². The van der Waals surface area contributed by atoms with Gasteiger partial charge in [0.15, 0.2) is 6.10 Å². The molecule has 1 N–H and O–H groups in total. The largest absolute Gasteiger partial charge is 0.479 e. The molecule has 0 saturated carbocycles. The third-order valence-corrected chi connectivity index (χ3v) is 4.41. The Labute approximate surface area is 166 Å². The Morgan fingerprint density at radius 1 is 1.15 bits per heavy atom. The van der Waals surface area contributed by atoms with Crippen LogP contribution in [-0.4, -0.2) is 22.2 Å². The monoisotopic (exact) mass is 405 g/mol. The van der Waals surface area contributed by atoms with E-state index >= 15 is 0 Å². The molecule has 0 fully saturated rings. The van der Waals surface area contributed by atoms with Gasteiger partial charge in [-0.2, -0.15) is 4.98 Å². The Hall–Kier alpha value is -2.57. The number of benzene rings is 2. The van der Waals surface area contributed by atoms with E-state index in [0.29, 0.717) is 33.6 Å². The summed E-state index contributed by atoms with van der Waals surface area (Å²) in [6, 6.07) is 14.2. The molecule has 0 aliphatic carbocycles. The van der Waals surface area contributed by atoms with Crippen molar-refractivity contribution in [2.75, 3.05) is 0 Å². The van der Waals surface area contributed by atoms with Crippen molar-refractivity contribution in [3.63, 3.8) is 0 Å². The number of nitrogens with one attached hydrogen (secondary N) is 1. The van der Waals surface area contributed by atoms with Crippen LogP contribution in [0.15, 0.2) is 53.1 Å². The molecule has 27 heavy (non-hydrogen) atoms. The van der Waals surface area contributed by atoms with Gasteiger partial charge in [-0.3, -0.25) is 4.79 Å². The van der Waals surface area contributed by atoms with Crippen LogP contribution in [0.1, 0.15) is 19.2 Å². The highest BCUT2D eigenvalue weighted by Crippen LogP contribution is 2.26. The molecular weight excluding hydrogens is 389 g/mol. The lowest BCUT2D eigenvalue weighted by Crippen LogP contribution is -2.37. The van der Waals surface area contributed by atoms with E-state index in [2.05, 4.69) is 15.5 Å². The molecule has 3 rings (SSSR count). The molecule has 3 aromatic rings. The Bertz CT molecular complexity index is 930. The molecule has 6 nitrogen and oxygen atoms in total. The number of para-hydroxylation sites is 1. The van der Waals surface area contributed by atoms with Gasteiger partial charge in [-0.25, -0.2) is 0 Å². The number of carbonyl (C=O) groups is 1. The van der Waals surface area contributed by atoms with Crippen LogP contribution in [0.5, 0.6) is 5.75 Å². The van der Waals surface area contributed by atoms with Crippen LogP contribution in [0.3, 0.4) is 0 Å². The zero-order valence-corrected chi connectivity index (χ0v) is 16.0. The lowest BCUT2D eigenvalue weighted by atomic mass is 10.2. The molecule has 0 radical (unpaired) electrons. The predicted molar refractivity (Wildman–Crippen MR) is 103 cm³/mol. The first-order chi connectivity index (χ1) is 13.1. The van der Waals surface area contributed by atoms with Crippen molar-refractivity contribution in [3.8, 4) is 17.1 Å². The number of aromatic nitrogens is 2. The summed E-state index contributed by atoms with van der Waals surface area (Å²) in [5, 5.41) is 7.60. The summed E-state index contributed by atoms with van der Waals surface area (Å²) in [6.07, 6.45) is -0.206. The number of halogens is 2. The summed E-state index contributed by atoms with van der Waals surface area (Å²) in [4.78, 5) is 16.7. The molecule has 2 aromatic carbocycles. The van der Waals surface area contributed by atoms with Crippen LogP contribution in [-0.2, 0) is 11.3 Å². The Morgan fingerprint density at radius 2 is 1.85 bits per heavy atom. The standard InChI is InChI=1S/C19H17Cl2N3O3/c1-2-15(26-16-10-6-5-9-14(16)21)19(25)22-11-17-23-18(24-27-17)12-7-3-4-8-13(12)20/h3-10,15H,2,11H2,1H3,(H,22,25)/t15-/m0/s1. The number of nitrogens with zero attached hydrogens (tertiary/aromatic N) is 2. The molecule has 0 spiro atoms. The summed E-state index contributed by atoms with van der Waals surface area (Å²) in [6.45, 7) is 1.93. The summed E-state index contributed by atoms with van der Waals surface area (Å²) in [7, 11) is 0. The zero-order chi connectivity index (χ0) is 19.2. The minimum atomic E-state index is -0.684. The number of carbonyl (C=O) groups excluding carboxylic acids is 1. The van der Waals surface area contributed by atoms with Gasteiger partial charge in [-0.15, -0.1) is 0 Å². The van der Waals surface area contributed by atoms with Crippen LogP contribution >= 0.6 is 23.2 Å². The maximum atomic E-state index is 12.4. The Kier molecular flexibility index (Phi) is 6.32. The fourth-order valence-electron chi connectivity index (χ4n) is 2.37. The van der Waals surface area contributed by atoms with Gasteiger partial charge in [0.25, 0.3) is 5.91 Å². The molecule has 1 aromatic heterocycles. The first kappa shape index (κ1) is 19.2. The predicted octanol–water partition coefficient (Wildman–Crippen LogP) is 4.52. The quantitative estimate of drug-likeness (QED) is 0.625. The average molecular weight is 406 g/mol. The zero-order valence-electron chi connectivity index (χ0n) is 14.5. The second kappa shape index (κ2) is 8.88. The number of ether oxygens (including phenoxy) is 1. The van der Waals surface area contributed by atoms with Gasteiger partial charge in [0.2, 0.25) is 11.7 Å². The first-order valence-electron chi connectivity index (χ1n) is 8.35. The van der Waals surface area contributed by atoms with E-state index in [1.165, 1.54) is 0 Å². The summed E-state index contributed by atoms with van der Waals surface area (Å²) in [5.41, 5.74) is 0.661. The SMILES string of the molecule is CC[C@H](Oc1ccccc1Cl)C(=O)NCc1nc(-c2ccccc2Cl)no1. The molecule has 1 atom stereocenters. The smallest absolute Gasteiger partial charge is 0.261 e. The lowest BCUT2D eigenvalue weighted by Gasteiger charge is -2.17. The summed E-state index contributed by atoms with van der Waals surface area (Å²) < 4.78 is 10.9. The molecule has 0 aliphatic rings. The average Bonchev–Trinajstić information content (AvgIpc) is 3.14. The van der Waals surface area contributed by atoms with E-state index in [1.54, 1.807) is 36.4 Å².